The molecule has 0 aliphatic carbocycles. The predicted molar refractivity (Wildman–Crippen MR) is 72.1 cm³/mol. The van der Waals surface area contributed by atoms with Crippen LogP contribution >= 0.6 is 0 Å². The number of halogens is 1. The van der Waals surface area contributed by atoms with Gasteiger partial charge in [0, 0.05) is 6.26 Å². The van der Waals surface area contributed by atoms with E-state index in [0.717, 1.165) is 11.8 Å². The van der Waals surface area contributed by atoms with Crippen molar-refractivity contribution in [2.24, 2.45) is 5.73 Å². The second-order valence-corrected chi connectivity index (χ2v) is 6.76. The Hall–Kier alpha value is -1.47. The molecule has 0 aromatic heterocycles. The van der Waals surface area contributed by atoms with E-state index in [2.05, 4.69) is 5.32 Å². The number of carbonyl (C=O) groups is 1. The minimum absolute atomic E-state index is 0.00184. The van der Waals surface area contributed by atoms with E-state index in [1.807, 2.05) is 0 Å². The molecule has 1 amide bonds. The number of amides is 1. The van der Waals surface area contributed by atoms with Gasteiger partial charge in [-0.2, -0.15) is 0 Å². The quantitative estimate of drug-likeness (QED) is 0.840. The number of nitrogens with one attached hydrogen (secondary N) is 1. The lowest BCUT2D eigenvalue weighted by Gasteiger charge is -2.12. The molecule has 0 radical (unpaired) electrons. The summed E-state index contributed by atoms with van der Waals surface area (Å²) in [5.41, 5.74) is 6.32. The number of carbonyl (C=O) groups excluding carboxylic acids is 1. The van der Waals surface area contributed by atoms with Crippen LogP contribution in [0.15, 0.2) is 18.2 Å². The second-order valence-electron chi connectivity index (χ2n) is 4.50. The topological polar surface area (TPSA) is 89.3 Å². The van der Waals surface area contributed by atoms with Crippen LogP contribution in [0.4, 0.5) is 10.1 Å². The smallest absolute Gasteiger partial charge is 0.241 e. The van der Waals surface area contributed by atoms with Crippen LogP contribution in [-0.4, -0.2) is 32.4 Å². The molecule has 1 unspecified atom stereocenters. The molecule has 0 aliphatic heterocycles. The van der Waals surface area contributed by atoms with Crippen LogP contribution in [0.2, 0.25) is 0 Å². The van der Waals surface area contributed by atoms with E-state index in [0.29, 0.717) is 0 Å². The Kier molecular flexibility index (Phi) is 5.02. The normalized spacial score (nSPS) is 13.1. The molecule has 0 fully saturated rings. The number of aryl methyl sites for hydroxylation is 1. The highest BCUT2D eigenvalue weighted by Gasteiger charge is 2.17. The van der Waals surface area contributed by atoms with E-state index in [4.69, 9.17) is 5.73 Å². The molecular formula is C12H17FN2O3S. The van der Waals surface area contributed by atoms with Crippen molar-refractivity contribution in [2.45, 2.75) is 19.4 Å². The van der Waals surface area contributed by atoms with Crippen molar-refractivity contribution in [3.8, 4) is 0 Å². The zero-order valence-corrected chi connectivity index (χ0v) is 11.6. The summed E-state index contributed by atoms with van der Waals surface area (Å²) in [6, 6.07) is 3.39. The summed E-state index contributed by atoms with van der Waals surface area (Å²) in [6.45, 7) is 1.73. The van der Waals surface area contributed by atoms with Crippen LogP contribution in [0.5, 0.6) is 0 Å². The van der Waals surface area contributed by atoms with Gasteiger partial charge in [-0.15, -0.1) is 0 Å². The molecule has 0 bridgehead atoms. The number of hydrogen-bond donors (Lipinski definition) is 2. The van der Waals surface area contributed by atoms with Crippen molar-refractivity contribution in [3.05, 3.63) is 29.6 Å². The zero-order chi connectivity index (χ0) is 14.6. The fourth-order valence-electron chi connectivity index (χ4n) is 1.42. The van der Waals surface area contributed by atoms with Gasteiger partial charge in [-0.1, -0.05) is 6.07 Å². The SMILES string of the molecule is Cc1ccc(NC(=O)C(N)CCS(C)(=O)=O)c(F)c1. The third kappa shape index (κ3) is 5.35. The lowest BCUT2D eigenvalue weighted by atomic mass is 10.2. The number of anilines is 1. The Morgan fingerprint density at radius 2 is 2.11 bits per heavy atom. The summed E-state index contributed by atoms with van der Waals surface area (Å²) in [4.78, 5) is 11.7. The van der Waals surface area contributed by atoms with Gasteiger partial charge in [-0.05, 0) is 31.0 Å². The summed E-state index contributed by atoms with van der Waals surface area (Å²) in [5, 5.41) is 2.34. The van der Waals surface area contributed by atoms with E-state index in [9.17, 15) is 17.6 Å². The molecule has 0 aliphatic rings. The monoisotopic (exact) mass is 288 g/mol. The lowest BCUT2D eigenvalue weighted by molar-refractivity contribution is -0.117. The van der Waals surface area contributed by atoms with E-state index < -0.39 is 27.6 Å². The Labute approximate surface area is 111 Å². The first-order chi connectivity index (χ1) is 8.69. The van der Waals surface area contributed by atoms with Gasteiger partial charge in [0.2, 0.25) is 5.91 Å². The van der Waals surface area contributed by atoms with Gasteiger partial charge in [-0.3, -0.25) is 4.79 Å². The molecular weight excluding hydrogens is 271 g/mol. The summed E-state index contributed by atoms with van der Waals surface area (Å²) in [6.07, 6.45) is 1.06. The fraction of sp³-hybridized carbons (Fsp3) is 0.417. The van der Waals surface area contributed by atoms with Gasteiger partial charge in [0.25, 0.3) is 0 Å². The first kappa shape index (κ1) is 15.6. The average molecular weight is 288 g/mol. The number of hydrogen-bond acceptors (Lipinski definition) is 4. The minimum Gasteiger partial charge on any atom is -0.322 e. The van der Waals surface area contributed by atoms with E-state index in [1.165, 1.54) is 12.1 Å². The maximum Gasteiger partial charge on any atom is 0.241 e. The van der Waals surface area contributed by atoms with Crippen molar-refractivity contribution in [3.63, 3.8) is 0 Å². The van der Waals surface area contributed by atoms with Crippen molar-refractivity contribution in [2.75, 3.05) is 17.3 Å². The van der Waals surface area contributed by atoms with Crippen molar-refractivity contribution < 1.29 is 17.6 Å². The average Bonchev–Trinajstić information content (AvgIpc) is 2.28. The Balaban J connectivity index is 2.64. The van der Waals surface area contributed by atoms with Crippen LogP contribution in [0, 0.1) is 12.7 Å². The van der Waals surface area contributed by atoms with Crippen molar-refractivity contribution in [1.82, 2.24) is 0 Å². The predicted octanol–water partition coefficient (Wildman–Crippen LogP) is 0.835. The van der Waals surface area contributed by atoms with Gasteiger partial charge < -0.3 is 11.1 Å². The molecule has 1 aromatic rings. The highest BCUT2D eigenvalue weighted by Crippen LogP contribution is 2.15. The highest BCUT2D eigenvalue weighted by molar-refractivity contribution is 7.90. The standard InChI is InChI=1S/C12H17FN2O3S/c1-8-3-4-11(9(13)7-8)15-12(16)10(14)5-6-19(2,17)18/h3-4,7,10H,5-6,14H2,1-2H3,(H,15,16). The largest absolute Gasteiger partial charge is 0.322 e. The third-order valence-corrected chi connectivity index (χ3v) is 3.50. The van der Waals surface area contributed by atoms with Crippen molar-refractivity contribution >= 4 is 21.4 Å². The maximum atomic E-state index is 13.5. The molecule has 7 heteroatoms. The van der Waals surface area contributed by atoms with Gasteiger partial charge >= 0.3 is 0 Å². The van der Waals surface area contributed by atoms with Gasteiger partial charge in [0.05, 0.1) is 17.5 Å². The first-order valence-electron chi connectivity index (χ1n) is 5.69. The molecule has 3 N–H and O–H groups in total. The Bertz CT molecular complexity index is 572. The van der Waals surface area contributed by atoms with Gasteiger partial charge in [-0.25, -0.2) is 12.8 Å². The molecule has 106 valence electrons. The molecule has 1 atom stereocenters. The molecule has 0 saturated heterocycles. The van der Waals surface area contributed by atoms with Gasteiger partial charge in [0.1, 0.15) is 15.7 Å². The second kappa shape index (κ2) is 6.12. The first-order valence-corrected chi connectivity index (χ1v) is 7.75. The molecule has 19 heavy (non-hydrogen) atoms. The summed E-state index contributed by atoms with van der Waals surface area (Å²) < 4.78 is 35.4. The van der Waals surface area contributed by atoms with Crippen LogP contribution in [0.3, 0.4) is 0 Å². The van der Waals surface area contributed by atoms with Crippen molar-refractivity contribution in [1.29, 1.82) is 0 Å². The fourth-order valence-corrected chi connectivity index (χ4v) is 2.10. The Morgan fingerprint density at radius 1 is 1.47 bits per heavy atom. The van der Waals surface area contributed by atoms with Crippen LogP contribution < -0.4 is 11.1 Å². The molecule has 1 aromatic carbocycles. The Morgan fingerprint density at radius 3 is 2.63 bits per heavy atom. The van der Waals surface area contributed by atoms with Crippen LogP contribution in [0.25, 0.3) is 0 Å². The van der Waals surface area contributed by atoms with Crippen LogP contribution in [0.1, 0.15) is 12.0 Å². The van der Waals surface area contributed by atoms with Crippen LogP contribution in [-0.2, 0) is 14.6 Å². The van der Waals surface area contributed by atoms with E-state index in [-0.39, 0.29) is 17.9 Å². The molecule has 0 spiro atoms. The molecule has 0 heterocycles. The zero-order valence-electron chi connectivity index (χ0n) is 10.8. The number of benzene rings is 1. The molecule has 1 rings (SSSR count). The summed E-state index contributed by atoms with van der Waals surface area (Å²) in [7, 11) is -3.17. The number of rotatable bonds is 5. The number of sulfone groups is 1. The maximum absolute atomic E-state index is 13.5. The minimum atomic E-state index is -3.17. The molecule has 5 nitrogen and oxygen atoms in total. The molecule has 0 saturated carbocycles. The van der Waals surface area contributed by atoms with E-state index in [1.54, 1.807) is 13.0 Å². The summed E-state index contributed by atoms with van der Waals surface area (Å²) in [5.74, 6) is -1.34. The highest BCUT2D eigenvalue weighted by atomic mass is 32.2. The third-order valence-electron chi connectivity index (χ3n) is 2.52. The number of nitrogens with two attached hydrogens (primary N) is 1. The van der Waals surface area contributed by atoms with E-state index >= 15 is 0 Å². The lowest BCUT2D eigenvalue weighted by Crippen LogP contribution is -2.37. The van der Waals surface area contributed by atoms with Gasteiger partial charge in [0.15, 0.2) is 0 Å². The summed E-state index contributed by atoms with van der Waals surface area (Å²) >= 11 is 0.